The van der Waals surface area contributed by atoms with Crippen molar-refractivity contribution in [2.75, 3.05) is 11.9 Å². The first-order chi connectivity index (χ1) is 11.5. The van der Waals surface area contributed by atoms with E-state index in [1.165, 1.54) is 0 Å². The molecule has 3 amide bonds. The number of hydrogen-bond acceptors (Lipinski definition) is 3. The third-order valence-electron chi connectivity index (χ3n) is 4.43. The summed E-state index contributed by atoms with van der Waals surface area (Å²) in [6.07, 6.45) is 5.08. The van der Waals surface area contributed by atoms with Crippen molar-refractivity contribution in [3.8, 4) is 5.69 Å². The Bertz CT molecular complexity index is 711. The van der Waals surface area contributed by atoms with Crippen LogP contribution in [-0.4, -0.2) is 39.2 Å². The minimum Gasteiger partial charge on any atom is -0.369 e. The molecule has 2 aromatic rings. The lowest BCUT2D eigenvalue weighted by molar-refractivity contribution is -0.123. The number of benzene rings is 1. The van der Waals surface area contributed by atoms with Crippen LogP contribution in [0.2, 0.25) is 0 Å². The molecule has 1 aliphatic rings. The highest BCUT2D eigenvalue weighted by molar-refractivity contribution is 5.90. The molecular weight excluding hydrogens is 306 g/mol. The van der Waals surface area contributed by atoms with E-state index < -0.39 is 0 Å². The lowest BCUT2D eigenvalue weighted by Gasteiger charge is -2.36. The summed E-state index contributed by atoms with van der Waals surface area (Å²) in [5.74, 6) is -0.614. The Balaban J connectivity index is 1.66. The van der Waals surface area contributed by atoms with E-state index in [-0.39, 0.29) is 23.9 Å². The second-order valence-corrected chi connectivity index (χ2v) is 6.11. The third-order valence-corrected chi connectivity index (χ3v) is 4.43. The van der Waals surface area contributed by atoms with Crippen LogP contribution in [0.4, 0.5) is 10.5 Å². The van der Waals surface area contributed by atoms with Gasteiger partial charge in [-0.15, -0.1) is 0 Å². The number of anilines is 1. The van der Waals surface area contributed by atoms with Crippen LogP contribution in [0.25, 0.3) is 5.69 Å². The minimum atomic E-state index is -0.344. The number of amides is 3. The van der Waals surface area contributed by atoms with Gasteiger partial charge in [-0.1, -0.05) is 0 Å². The van der Waals surface area contributed by atoms with Crippen molar-refractivity contribution in [2.45, 2.75) is 25.8 Å². The number of nitrogens with two attached hydrogens (primary N) is 1. The maximum absolute atomic E-state index is 12.5. The zero-order chi connectivity index (χ0) is 17.1. The number of likely N-dealkylation sites (tertiary alicyclic amines) is 1. The fourth-order valence-corrected chi connectivity index (χ4v) is 2.94. The average Bonchev–Trinajstić information content (AvgIpc) is 3.10. The molecule has 7 nitrogen and oxygen atoms in total. The first-order valence-electron chi connectivity index (χ1n) is 8.01. The van der Waals surface area contributed by atoms with Gasteiger partial charge in [-0.3, -0.25) is 4.79 Å². The van der Waals surface area contributed by atoms with E-state index in [1.807, 2.05) is 43.5 Å². The highest BCUT2D eigenvalue weighted by Gasteiger charge is 2.31. The van der Waals surface area contributed by atoms with E-state index >= 15 is 0 Å². The standard InChI is InChI=1S/C17H21N5O2/c1-12-3-4-13(16(18)23)11-21(12)17(24)20-14-5-7-15(8-6-14)22-10-2-9-19-22/h2,5-10,12-13H,3-4,11H2,1H3,(H2,18,23)(H,20,24)/t12-,13-/m0/s1. The van der Waals surface area contributed by atoms with Gasteiger partial charge in [-0.05, 0) is 50.1 Å². The molecule has 24 heavy (non-hydrogen) atoms. The van der Waals surface area contributed by atoms with Crippen LogP contribution in [-0.2, 0) is 4.79 Å². The van der Waals surface area contributed by atoms with E-state index in [1.54, 1.807) is 15.8 Å². The minimum absolute atomic E-state index is 0.0870. The summed E-state index contributed by atoms with van der Waals surface area (Å²) >= 11 is 0. The zero-order valence-electron chi connectivity index (χ0n) is 13.6. The topological polar surface area (TPSA) is 93.3 Å². The molecule has 3 N–H and O–H groups in total. The molecule has 0 radical (unpaired) electrons. The lowest BCUT2D eigenvalue weighted by atomic mass is 9.93. The first kappa shape index (κ1) is 16.0. The number of nitrogens with zero attached hydrogens (tertiary/aromatic N) is 3. The number of rotatable bonds is 3. The maximum atomic E-state index is 12.5. The SMILES string of the molecule is C[C@H]1CC[C@H](C(N)=O)CN1C(=O)Nc1ccc(-n2cccn2)cc1. The zero-order valence-corrected chi connectivity index (χ0v) is 13.6. The Morgan fingerprint density at radius 2 is 2.00 bits per heavy atom. The number of carbonyl (C=O) groups is 2. The summed E-state index contributed by atoms with van der Waals surface area (Å²) in [5, 5.41) is 7.04. The summed E-state index contributed by atoms with van der Waals surface area (Å²) < 4.78 is 1.75. The highest BCUT2D eigenvalue weighted by atomic mass is 16.2. The smallest absolute Gasteiger partial charge is 0.322 e. The molecule has 0 aliphatic carbocycles. The van der Waals surface area contributed by atoms with E-state index in [9.17, 15) is 9.59 Å². The van der Waals surface area contributed by atoms with Crippen molar-refractivity contribution >= 4 is 17.6 Å². The Hall–Kier alpha value is -2.83. The second kappa shape index (κ2) is 6.74. The van der Waals surface area contributed by atoms with Crippen molar-refractivity contribution < 1.29 is 9.59 Å². The molecule has 0 unspecified atom stereocenters. The molecule has 0 bridgehead atoms. The predicted octanol–water partition coefficient (Wildman–Crippen LogP) is 1.99. The Labute approximate surface area is 140 Å². The van der Waals surface area contributed by atoms with Gasteiger partial charge in [0.05, 0.1) is 11.6 Å². The molecule has 2 atom stereocenters. The van der Waals surface area contributed by atoms with E-state index in [0.29, 0.717) is 12.2 Å². The Morgan fingerprint density at radius 1 is 1.25 bits per heavy atom. The summed E-state index contributed by atoms with van der Waals surface area (Å²) in [6.45, 7) is 2.35. The number of aromatic nitrogens is 2. The fraction of sp³-hybridized carbons (Fsp3) is 0.353. The van der Waals surface area contributed by atoms with Crippen molar-refractivity contribution in [3.05, 3.63) is 42.7 Å². The van der Waals surface area contributed by atoms with Gasteiger partial charge < -0.3 is 16.0 Å². The number of nitrogens with one attached hydrogen (secondary N) is 1. The molecule has 1 aliphatic heterocycles. The molecule has 3 rings (SSSR count). The van der Waals surface area contributed by atoms with Crippen molar-refractivity contribution in [1.29, 1.82) is 0 Å². The van der Waals surface area contributed by atoms with E-state index in [2.05, 4.69) is 10.4 Å². The quantitative estimate of drug-likeness (QED) is 0.903. The van der Waals surface area contributed by atoms with Gasteiger partial charge >= 0.3 is 6.03 Å². The van der Waals surface area contributed by atoms with Gasteiger partial charge in [0.2, 0.25) is 5.91 Å². The van der Waals surface area contributed by atoms with Crippen LogP contribution in [0.15, 0.2) is 42.7 Å². The molecule has 1 saturated heterocycles. The van der Waals surface area contributed by atoms with Crippen molar-refractivity contribution in [1.82, 2.24) is 14.7 Å². The van der Waals surface area contributed by atoms with Crippen LogP contribution in [0, 0.1) is 5.92 Å². The molecule has 2 heterocycles. The average molecular weight is 327 g/mol. The van der Waals surface area contributed by atoms with Crippen molar-refractivity contribution in [3.63, 3.8) is 0 Å². The monoisotopic (exact) mass is 327 g/mol. The normalized spacial score (nSPS) is 20.6. The largest absolute Gasteiger partial charge is 0.369 e. The number of primary amides is 1. The number of carbonyl (C=O) groups excluding carboxylic acids is 2. The van der Waals surface area contributed by atoms with Gasteiger partial charge in [-0.25, -0.2) is 9.48 Å². The fourth-order valence-electron chi connectivity index (χ4n) is 2.94. The molecule has 7 heteroatoms. The molecule has 0 saturated carbocycles. The van der Waals surface area contributed by atoms with Crippen LogP contribution in [0.3, 0.4) is 0 Å². The molecule has 1 aromatic carbocycles. The summed E-state index contributed by atoms with van der Waals surface area (Å²) in [4.78, 5) is 25.6. The molecule has 1 aromatic heterocycles. The molecule has 126 valence electrons. The van der Waals surface area contributed by atoms with Crippen molar-refractivity contribution in [2.24, 2.45) is 11.7 Å². The molecule has 0 spiro atoms. The predicted molar refractivity (Wildman–Crippen MR) is 90.7 cm³/mol. The number of urea groups is 1. The van der Waals surface area contributed by atoms with E-state index in [4.69, 9.17) is 5.73 Å². The van der Waals surface area contributed by atoms with Crippen LogP contribution < -0.4 is 11.1 Å². The van der Waals surface area contributed by atoms with Gasteiger partial charge in [0.1, 0.15) is 0 Å². The highest BCUT2D eigenvalue weighted by Crippen LogP contribution is 2.23. The summed E-state index contributed by atoms with van der Waals surface area (Å²) in [6, 6.07) is 9.15. The van der Waals surface area contributed by atoms with Crippen LogP contribution in [0.5, 0.6) is 0 Å². The van der Waals surface area contributed by atoms with Gasteiger partial charge in [0, 0.05) is 30.7 Å². The van der Waals surface area contributed by atoms with Crippen LogP contribution >= 0.6 is 0 Å². The van der Waals surface area contributed by atoms with Gasteiger partial charge in [0.25, 0.3) is 0 Å². The Kier molecular flexibility index (Phi) is 4.50. The first-order valence-corrected chi connectivity index (χ1v) is 8.01. The van der Waals surface area contributed by atoms with Gasteiger partial charge in [-0.2, -0.15) is 5.10 Å². The third kappa shape index (κ3) is 3.40. The Morgan fingerprint density at radius 3 is 2.62 bits per heavy atom. The second-order valence-electron chi connectivity index (χ2n) is 6.11. The summed E-state index contributed by atoms with van der Waals surface area (Å²) in [5.41, 5.74) is 7.00. The van der Waals surface area contributed by atoms with Gasteiger partial charge in [0.15, 0.2) is 0 Å². The molecule has 1 fully saturated rings. The lowest BCUT2D eigenvalue weighted by Crippen LogP contribution is -2.50. The summed E-state index contributed by atoms with van der Waals surface area (Å²) in [7, 11) is 0. The maximum Gasteiger partial charge on any atom is 0.322 e. The number of hydrogen-bond donors (Lipinski definition) is 2. The van der Waals surface area contributed by atoms with E-state index in [0.717, 1.165) is 18.5 Å². The molecular formula is C17H21N5O2. The van der Waals surface area contributed by atoms with Crippen LogP contribution in [0.1, 0.15) is 19.8 Å². The number of piperidine rings is 1.